The molecule has 0 aliphatic heterocycles. The number of rotatable bonds is 6. The van der Waals surface area contributed by atoms with Gasteiger partial charge in [0.05, 0.1) is 18.1 Å². The van der Waals surface area contributed by atoms with Gasteiger partial charge in [0, 0.05) is 17.1 Å². The first-order valence-corrected chi connectivity index (χ1v) is 7.87. The van der Waals surface area contributed by atoms with Crippen LogP contribution in [-0.4, -0.2) is 29.6 Å². The number of hydrogen-bond donors (Lipinski definition) is 1. The molecule has 0 saturated heterocycles. The Morgan fingerprint density at radius 2 is 2.00 bits per heavy atom. The van der Waals surface area contributed by atoms with Crippen LogP contribution in [0, 0.1) is 5.92 Å². The zero-order valence-electron chi connectivity index (χ0n) is 13.4. The first-order chi connectivity index (χ1) is 10.9. The molecule has 1 N–H and O–H groups in total. The fourth-order valence-corrected chi connectivity index (χ4v) is 2.45. The first-order valence-electron chi connectivity index (χ1n) is 7.49. The van der Waals surface area contributed by atoms with Crippen LogP contribution in [0.1, 0.15) is 26.3 Å². The number of nitrogens with one attached hydrogen (secondary N) is 1. The van der Waals surface area contributed by atoms with E-state index >= 15 is 0 Å². The second kappa shape index (κ2) is 7.51. The van der Waals surface area contributed by atoms with Gasteiger partial charge in [-0.1, -0.05) is 31.5 Å². The molecule has 6 heteroatoms. The van der Waals surface area contributed by atoms with Crippen LogP contribution in [0.25, 0.3) is 10.9 Å². The molecule has 2 rings (SSSR count). The maximum atomic E-state index is 12.0. The minimum Gasteiger partial charge on any atom is -0.463 e. The van der Waals surface area contributed by atoms with Crippen LogP contribution in [0.15, 0.2) is 24.4 Å². The normalized spacial score (nSPS) is 12.4. The van der Waals surface area contributed by atoms with Gasteiger partial charge in [-0.2, -0.15) is 0 Å². The van der Waals surface area contributed by atoms with Gasteiger partial charge < -0.3 is 14.5 Å². The molecule has 124 valence electrons. The van der Waals surface area contributed by atoms with E-state index in [1.807, 2.05) is 26.0 Å². The summed E-state index contributed by atoms with van der Waals surface area (Å²) < 4.78 is 10.2. The van der Waals surface area contributed by atoms with Gasteiger partial charge in [0.1, 0.15) is 0 Å². The smallest absolute Gasteiger partial charge is 0.347 e. The fourth-order valence-electron chi connectivity index (χ4n) is 2.16. The summed E-state index contributed by atoms with van der Waals surface area (Å²) in [6.07, 6.45) is 0.826. The molecule has 0 unspecified atom stereocenters. The predicted octanol–water partition coefficient (Wildman–Crippen LogP) is 3.49. The second-order valence-electron chi connectivity index (χ2n) is 5.81. The van der Waals surface area contributed by atoms with E-state index in [1.165, 1.54) is 6.92 Å². The Morgan fingerprint density at radius 1 is 1.26 bits per heavy atom. The number of fused-ring (bicyclic) bond motifs is 1. The monoisotopic (exact) mass is 337 g/mol. The van der Waals surface area contributed by atoms with Gasteiger partial charge >= 0.3 is 11.9 Å². The number of halogens is 1. The summed E-state index contributed by atoms with van der Waals surface area (Å²) >= 11 is 6.17. The maximum Gasteiger partial charge on any atom is 0.347 e. The molecule has 0 radical (unpaired) electrons. The van der Waals surface area contributed by atoms with Crippen molar-refractivity contribution in [2.24, 2.45) is 5.92 Å². The van der Waals surface area contributed by atoms with Crippen LogP contribution < -0.4 is 0 Å². The van der Waals surface area contributed by atoms with Crippen molar-refractivity contribution in [1.29, 1.82) is 0 Å². The van der Waals surface area contributed by atoms with E-state index in [4.69, 9.17) is 21.1 Å². The van der Waals surface area contributed by atoms with Crippen molar-refractivity contribution >= 4 is 34.4 Å². The highest BCUT2D eigenvalue weighted by Gasteiger charge is 2.21. The molecule has 0 amide bonds. The van der Waals surface area contributed by atoms with Crippen molar-refractivity contribution in [1.82, 2.24) is 4.98 Å². The highest BCUT2D eigenvalue weighted by atomic mass is 35.5. The summed E-state index contributed by atoms with van der Waals surface area (Å²) in [4.78, 5) is 26.8. The van der Waals surface area contributed by atoms with E-state index in [0.717, 1.165) is 16.5 Å². The third-order valence-corrected chi connectivity index (χ3v) is 3.59. The Morgan fingerprint density at radius 3 is 2.70 bits per heavy atom. The van der Waals surface area contributed by atoms with Crippen LogP contribution in [0.4, 0.5) is 0 Å². The molecule has 0 aliphatic carbocycles. The minimum absolute atomic E-state index is 0.0333. The highest BCUT2D eigenvalue weighted by molar-refractivity contribution is 6.35. The molecule has 1 aromatic heterocycles. The molecule has 2 aromatic rings. The van der Waals surface area contributed by atoms with Gasteiger partial charge in [-0.05, 0) is 30.5 Å². The molecule has 0 aliphatic rings. The zero-order chi connectivity index (χ0) is 17.0. The molecule has 1 atom stereocenters. The standard InChI is InChI=1S/C17H20ClNO4/c1-10(2)9-22-17(21)11(3)23-15(20)7-12-8-19-14-6-4-5-13(18)16(12)14/h4-6,8,10-11,19H,7,9H2,1-3H3/t11-/m0/s1. The van der Waals surface area contributed by atoms with E-state index < -0.39 is 18.0 Å². The molecule has 5 nitrogen and oxygen atoms in total. The lowest BCUT2D eigenvalue weighted by atomic mass is 10.1. The highest BCUT2D eigenvalue weighted by Crippen LogP contribution is 2.27. The molecule has 0 spiro atoms. The van der Waals surface area contributed by atoms with Gasteiger partial charge in [-0.25, -0.2) is 4.79 Å². The topological polar surface area (TPSA) is 68.4 Å². The summed E-state index contributed by atoms with van der Waals surface area (Å²) in [5.41, 5.74) is 1.59. The van der Waals surface area contributed by atoms with E-state index in [0.29, 0.717) is 11.6 Å². The number of benzene rings is 1. The molecule has 0 fully saturated rings. The third kappa shape index (κ3) is 4.48. The maximum absolute atomic E-state index is 12.0. The van der Waals surface area contributed by atoms with E-state index in [1.54, 1.807) is 12.3 Å². The lowest BCUT2D eigenvalue weighted by molar-refractivity contribution is -0.166. The van der Waals surface area contributed by atoms with Crippen LogP contribution in [0.5, 0.6) is 0 Å². The van der Waals surface area contributed by atoms with Crippen molar-refractivity contribution in [3.8, 4) is 0 Å². The lowest BCUT2D eigenvalue weighted by Crippen LogP contribution is -2.28. The Hall–Kier alpha value is -2.01. The third-order valence-electron chi connectivity index (χ3n) is 3.27. The molecule has 0 bridgehead atoms. The van der Waals surface area contributed by atoms with Crippen LogP contribution in [0.3, 0.4) is 0 Å². The van der Waals surface area contributed by atoms with Gasteiger partial charge in [-0.3, -0.25) is 4.79 Å². The lowest BCUT2D eigenvalue weighted by Gasteiger charge is -2.13. The van der Waals surface area contributed by atoms with Crippen LogP contribution >= 0.6 is 11.6 Å². The number of carbonyl (C=O) groups is 2. The number of esters is 2. The summed E-state index contributed by atoms with van der Waals surface area (Å²) in [5.74, 6) is -0.806. The quantitative estimate of drug-likeness (QED) is 0.819. The Kier molecular flexibility index (Phi) is 5.66. The first kappa shape index (κ1) is 17.3. The fraction of sp³-hybridized carbons (Fsp3) is 0.412. The number of ether oxygens (including phenoxy) is 2. The van der Waals surface area contributed by atoms with Crippen molar-refractivity contribution < 1.29 is 19.1 Å². The molecule has 1 aromatic carbocycles. The van der Waals surface area contributed by atoms with Gasteiger partial charge in [-0.15, -0.1) is 0 Å². The summed E-state index contributed by atoms with van der Waals surface area (Å²) in [5, 5.41) is 1.36. The second-order valence-corrected chi connectivity index (χ2v) is 6.22. The van der Waals surface area contributed by atoms with E-state index in [9.17, 15) is 9.59 Å². The van der Waals surface area contributed by atoms with Crippen molar-refractivity contribution in [2.75, 3.05) is 6.61 Å². The predicted molar refractivity (Wildman–Crippen MR) is 88.4 cm³/mol. The number of aromatic nitrogens is 1. The Balaban J connectivity index is 1.97. The van der Waals surface area contributed by atoms with E-state index in [-0.39, 0.29) is 12.3 Å². The van der Waals surface area contributed by atoms with E-state index in [2.05, 4.69) is 4.98 Å². The molecule has 1 heterocycles. The molecule has 0 saturated carbocycles. The number of carbonyl (C=O) groups excluding carboxylic acids is 2. The van der Waals surface area contributed by atoms with Gasteiger partial charge in [0.15, 0.2) is 6.10 Å². The Bertz CT molecular complexity index is 708. The molecular formula is C17H20ClNO4. The van der Waals surface area contributed by atoms with Crippen molar-refractivity contribution in [3.63, 3.8) is 0 Å². The SMILES string of the molecule is CC(C)COC(=O)[C@H](C)OC(=O)Cc1c[nH]c2cccc(Cl)c12. The summed E-state index contributed by atoms with van der Waals surface area (Å²) in [7, 11) is 0. The minimum atomic E-state index is -0.929. The van der Waals surface area contributed by atoms with Crippen LogP contribution in [-0.2, 0) is 25.5 Å². The van der Waals surface area contributed by atoms with Gasteiger partial charge in [0.2, 0.25) is 0 Å². The molecule has 23 heavy (non-hydrogen) atoms. The largest absolute Gasteiger partial charge is 0.463 e. The van der Waals surface area contributed by atoms with Crippen molar-refractivity contribution in [2.45, 2.75) is 33.3 Å². The van der Waals surface area contributed by atoms with Crippen molar-refractivity contribution in [3.05, 3.63) is 35.0 Å². The van der Waals surface area contributed by atoms with Crippen LogP contribution in [0.2, 0.25) is 5.02 Å². The number of H-pyrrole nitrogens is 1. The number of hydrogen-bond acceptors (Lipinski definition) is 4. The number of aromatic amines is 1. The summed E-state index contributed by atoms with van der Waals surface area (Å²) in [6.45, 7) is 5.68. The van der Waals surface area contributed by atoms with Gasteiger partial charge in [0.25, 0.3) is 0 Å². The average Bonchev–Trinajstić information content (AvgIpc) is 2.88. The summed E-state index contributed by atoms with van der Waals surface area (Å²) in [6, 6.07) is 5.47. The zero-order valence-corrected chi connectivity index (χ0v) is 14.1. The molecular weight excluding hydrogens is 318 g/mol. The Labute approximate surface area is 139 Å². The average molecular weight is 338 g/mol.